The van der Waals surface area contributed by atoms with Crippen molar-refractivity contribution in [1.82, 2.24) is 0 Å². The van der Waals surface area contributed by atoms with E-state index in [1.807, 2.05) is 0 Å². The summed E-state index contributed by atoms with van der Waals surface area (Å²) in [7, 11) is 0. The van der Waals surface area contributed by atoms with Crippen molar-refractivity contribution in [3.8, 4) is 33.4 Å². The third-order valence-electron chi connectivity index (χ3n) is 7.65. The maximum atomic E-state index is 2.34. The van der Waals surface area contributed by atoms with Gasteiger partial charge in [-0.1, -0.05) is 127 Å². The molecule has 1 nitrogen and oxygen atoms in total. The zero-order valence-electron chi connectivity index (χ0n) is 22.7. The van der Waals surface area contributed by atoms with Crippen LogP contribution in [0.5, 0.6) is 0 Å². The molecule has 7 aromatic carbocycles. The summed E-state index contributed by atoms with van der Waals surface area (Å²) >= 11 is 0. The first-order valence-electron chi connectivity index (χ1n) is 14.0. The molecule has 0 aromatic heterocycles. The summed E-state index contributed by atoms with van der Waals surface area (Å²) < 4.78 is 0. The number of para-hydroxylation sites is 2. The van der Waals surface area contributed by atoms with Crippen molar-refractivity contribution in [2.45, 2.75) is 0 Å². The standard InChI is InChI=1S/C40H29N/c1-4-13-32(14-5-1)39-27-24-34(29-40(39)35-21-20-30-12-10-11-15-33(30)28-35)31-22-25-38(26-23-31)41(36-16-6-2-7-17-36)37-18-8-3-9-19-37/h1-29H. The largest absolute Gasteiger partial charge is 0.311 e. The van der Waals surface area contributed by atoms with Crippen molar-refractivity contribution < 1.29 is 0 Å². The molecule has 0 aliphatic carbocycles. The van der Waals surface area contributed by atoms with E-state index in [-0.39, 0.29) is 0 Å². The van der Waals surface area contributed by atoms with Gasteiger partial charge in [0.15, 0.2) is 0 Å². The minimum absolute atomic E-state index is 1.13. The van der Waals surface area contributed by atoms with Gasteiger partial charge in [-0.3, -0.25) is 0 Å². The fourth-order valence-corrected chi connectivity index (χ4v) is 5.59. The molecule has 0 saturated heterocycles. The van der Waals surface area contributed by atoms with Gasteiger partial charge in [-0.15, -0.1) is 0 Å². The Hall–Kier alpha value is -5.40. The number of hydrogen-bond donors (Lipinski definition) is 0. The molecule has 7 rings (SSSR count). The van der Waals surface area contributed by atoms with Crippen molar-refractivity contribution in [3.63, 3.8) is 0 Å². The zero-order valence-corrected chi connectivity index (χ0v) is 22.7. The maximum absolute atomic E-state index is 2.34. The predicted octanol–water partition coefficient (Wildman–Crippen LogP) is 11.3. The lowest BCUT2D eigenvalue weighted by Crippen LogP contribution is -2.09. The Balaban J connectivity index is 1.31. The van der Waals surface area contributed by atoms with Crippen LogP contribution in [0.3, 0.4) is 0 Å². The van der Waals surface area contributed by atoms with Gasteiger partial charge in [0.05, 0.1) is 0 Å². The average molecular weight is 524 g/mol. The molecule has 0 amide bonds. The lowest BCUT2D eigenvalue weighted by molar-refractivity contribution is 1.28. The first-order valence-corrected chi connectivity index (χ1v) is 14.0. The molecule has 0 heterocycles. The Morgan fingerprint density at radius 2 is 0.780 bits per heavy atom. The monoisotopic (exact) mass is 523 g/mol. The number of fused-ring (bicyclic) bond motifs is 1. The van der Waals surface area contributed by atoms with Crippen LogP contribution in [0.2, 0.25) is 0 Å². The van der Waals surface area contributed by atoms with Crippen molar-refractivity contribution in [2.24, 2.45) is 0 Å². The molecule has 0 aliphatic rings. The van der Waals surface area contributed by atoms with Crippen LogP contribution in [0.15, 0.2) is 176 Å². The van der Waals surface area contributed by atoms with E-state index < -0.39 is 0 Å². The number of anilines is 3. The lowest BCUT2D eigenvalue weighted by atomic mass is 9.90. The number of benzene rings is 7. The molecular weight excluding hydrogens is 494 g/mol. The number of rotatable bonds is 6. The topological polar surface area (TPSA) is 3.24 Å². The highest BCUT2D eigenvalue weighted by Gasteiger charge is 2.14. The molecule has 0 bridgehead atoms. The minimum Gasteiger partial charge on any atom is -0.311 e. The molecule has 194 valence electrons. The summed E-state index contributed by atoms with van der Waals surface area (Å²) in [5.74, 6) is 0. The van der Waals surface area contributed by atoms with Crippen LogP contribution < -0.4 is 4.90 Å². The van der Waals surface area contributed by atoms with E-state index >= 15 is 0 Å². The SMILES string of the molecule is c1ccc(-c2ccc(-c3ccc(N(c4ccccc4)c4ccccc4)cc3)cc2-c2ccc3ccccc3c2)cc1. The van der Waals surface area contributed by atoms with Gasteiger partial charge in [-0.2, -0.15) is 0 Å². The molecule has 1 heteroatoms. The molecule has 0 aliphatic heterocycles. The Morgan fingerprint density at radius 1 is 0.268 bits per heavy atom. The van der Waals surface area contributed by atoms with Crippen molar-refractivity contribution in [1.29, 1.82) is 0 Å². The Morgan fingerprint density at radius 3 is 1.44 bits per heavy atom. The van der Waals surface area contributed by atoms with Gasteiger partial charge < -0.3 is 4.90 Å². The highest BCUT2D eigenvalue weighted by Crippen LogP contribution is 2.39. The fraction of sp³-hybridized carbons (Fsp3) is 0. The molecular formula is C40H29N. The molecule has 7 aromatic rings. The Kier molecular flexibility index (Phi) is 6.61. The smallest absolute Gasteiger partial charge is 0.0462 e. The molecule has 41 heavy (non-hydrogen) atoms. The van der Waals surface area contributed by atoms with E-state index in [4.69, 9.17) is 0 Å². The Bertz CT molecular complexity index is 1870. The van der Waals surface area contributed by atoms with E-state index in [2.05, 4.69) is 181 Å². The summed E-state index contributed by atoms with van der Waals surface area (Å²) in [6.07, 6.45) is 0. The summed E-state index contributed by atoms with van der Waals surface area (Å²) in [4.78, 5) is 2.29. The molecule has 0 saturated carbocycles. The van der Waals surface area contributed by atoms with Crippen molar-refractivity contribution in [3.05, 3.63) is 176 Å². The second kappa shape index (κ2) is 11.0. The summed E-state index contributed by atoms with van der Waals surface area (Å²) in [6.45, 7) is 0. The maximum Gasteiger partial charge on any atom is 0.0462 e. The first-order chi connectivity index (χ1) is 20.3. The van der Waals surface area contributed by atoms with Crippen molar-refractivity contribution >= 4 is 27.8 Å². The minimum atomic E-state index is 1.13. The third-order valence-corrected chi connectivity index (χ3v) is 7.65. The van der Waals surface area contributed by atoms with E-state index in [1.165, 1.54) is 44.2 Å². The zero-order chi connectivity index (χ0) is 27.4. The van der Waals surface area contributed by atoms with E-state index in [1.54, 1.807) is 0 Å². The van der Waals surface area contributed by atoms with Gasteiger partial charge in [0.2, 0.25) is 0 Å². The van der Waals surface area contributed by atoms with Crippen LogP contribution in [0, 0.1) is 0 Å². The van der Waals surface area contributed by atoms with Crippen LogP contribution in [0.4, 0.5) is 17.1 Å². The second-order valence-electron chi connectivity index (χ2n) is 10.2. The second-order valence-corrected chi connectivity index (χ2v) is 10.2. The number of nitrogens with zero attached hydrogens (tertiary/aromatic N) is 1. The molecule has 0 spiro atoms. The predicted molar refractivity (Wildman–Crippen MR) is 175 cm³/mol. The highest BCUT2D eigenvalue weighted by atomic mass is 15.1. The summed E-state index contributed by atoms with van der Waals surface area (Å²) in [6, 6.07) is 62.8. The molecule has 0 unspecified atom stereocenters. The van der Waals surface area contributed by atoms with Crippen molar-refractivity contribution in [2.75, 3.05) is 4.90 Å². The average Bonchev–Trinajstić information content (AvgIpc) is 3.06. The highest BCUT2D eigenvalue weighted by molar-refractivity contribution is 5.93. The quantitative estimate of drug-likeness (QED) is 0.209. The third kappa shape index (κ3) is 5.02. The van der Waals surface area contributed by atoms with Gasteiger partial charge in [-0.05, 0) is 92.7 Å². The van der Waals surface area contributed by atoms with Gasteiger partial charge in [0.1, 0.15) is 0 Å². The Labute approximate surface area is 241 Å². The summed E-state index contributed by atoms with van der Waals surface area (Å²) in [5, 5.41) is 2.51. The van der Waals surface area contributed by atoms with Crippen LogP contribution in [0.1, 0.15) is 0 Å². The number of hydrogen-bond acceptors (Lipinski definition) is 1. The molecule has 0 N–H and O–H groups in total. The molecule has 0 radical (unpaired) electrons. The first kappa shape index (κ1) is 24.6. The molecule has 0 fully saturated rings. The van der Waals surface area contributed by atoms with Crippen LogP contribution in [-0.4, -0.2) is 0 Å². The normalized spacial score (nSPS) is 10.9. The van der Waals surface area contributed by atoms with Crippen LogP contribution in [-0.2, 0) is 0 Å². The van der Waals surface area contributed by atoms with Gasteiger partial charge in [-0.25, -0.2) is 0 Å². The van der Waals surface area contributed by atoms with Crippen LogP contribution >= 0.6 is 0 Å². The lowest BCUT2D eigenvalue weighted by Gasteiger charge is -2.25. The van der Waals surface area contributed by atoms with E-state index in [0.29, 0.717) is 0 Å². The van der Waals surface area contributed by atoms with Gasteiger partial charge >= 0.3 is 0 Å². The van der Waals surface area contributed by atoms with E-state index in [9.17, 15) is 0 Å². The fourth-order valence-electron chi connectivity index (χ4n) is 5.59. The van der Waals surface area contributed by atoms with Gasteiger partial charge in [0.25, 0.3) is 0 Å². The summed E-state index contributed by atoms with van der Waals surface area (Å²) in [5.41, 5.74) is 10.7. The van der Waals surface area contributed by atoms with Gasteiger partial charge in [0, 0.05) is 17.1 Å². The molecule has 0 atom stereocenters. The van der Waals surface area contributed by atoms with E-state index in [0.717, 1.165) is 17.1 Å². The van der Waals surface area contributed by atoms with Crippen LogP contribution in [0.25, 0.3) is 44.2 Å².